The molecule has 0 amide bonds. The number of nitrogens with one attached hydrogen (secondary N) is 1. The summed E-state index contributed by atoms with van der Waals surface area (Å²) in [7, 11) is 2.42. The van der Waals surface area contributed by atoms with Crippen LogP contribution in [0.1, 0.15) is 72.6 Å². The Labute approximate surface area is 133 Å². The standard InChI is InChI=1S/C19H38N2/c1-6-20-18-11-10-16(14(2)3)13-19(18)21(5)17-9-7-8-15(4)12-17/h14-20H,6-13H2,1-5H3. The monoisotopic (exact) mass is 294 g/mol. The molecule has 2 heteroatoms. The van der Waals surface area contributed by atoms with Crippen LogP contribution >= 0.6 is 0 Å². The normalized spacial score (nSPS) is 38.1. The van der Waals surface area contributed by atoms with Crippen molar-refractivity contribution in [2.24, 2.45) is 17.8 Å². The van der Waals surface area contributed by atoms with Crippen LogP contribution < -0.4 is 5.32 Å². The molecule has 0 aromatic heterocycles. The molecule has 21 heavy (non-hydrogen) atoms. The molecule has 0 saturated heterocycles. The van der Waals surface area contributed by atoms with Crippen LogP contribution in [0, 0.1) is 17.8 Å². The van der Waals surface area contributed by atoms with Crippen LogP contribution in [-0.2, 0) is 0 Å². The molecule has 2 aliphatic rings. The first kappa shape index (κ1) is 17.3. The largest absolute Gasteiger partial charge is 0.313 e. The Morgan fingerprint density at radius 2 is 1.86 bits per heavy atom. The molecule has 0 bridgehead atoms. The maximum absolute atomic E-state index is 3.78. The second-order valence-corrected chi connectivity index (χ2v) is 8.14. The lowest BCUT2D eigenvalue weighted by Crippen LogP contribution is -2.55. The van der Waals surface area contributed by atoms with Crippen molar-refractivity contribution in [1.82, 2.24) is 10.2 Å². The van der Waals surface area contributed by atoms with E-state index in [1.54, 1.807) is 0 Å². The summed E-state index contributed by atoms with van der Waals surface area (Å²) in [4.78, 5) is 2.78. The van der Waals surface area contributed by atoms with Gasteiger partial charge in [0, 0.05) is 18.1 Å². The number of hydrogen-bond donors (Lipinski definition) is 1. The summed E-state index contributed by atoms with van der Waals surface area (Å²) in [6, 6.07) is 2.29. The topological polar surface area (TPSA) is 15.3 Å². The first-order chi connectivity index (χ1) is 10.0. The molecule has 0 aromatic rings. The van der Waals surface area contributed by atoms with E-state index in [0.29, 0.717) is 6.04 Å². The predicted molar refractivity (Wildman–Crippen MR) is 92.6 cm³/mol. The highest BCUT2D eigenvalue weighted by Gasteiger charge is 2.36. The van der Waals surface area contributed by atoms with Crippen LogP contribution in [0.3, 0.4) is 0 Å². The van der Waals surface area contributed by atoms with Crippen LogP contribution in [0.15, 0.2) is 0 Å². The van der Waals surface area contributed by atoms with Crippen molar-refractivity contribution in [3.05, 3.63) is 0 Å². The van der Waals surface area contributed by atoms with Crippen molar-refractivity contribution in [1.29, 1.82) is 0 Å². The smallest absolute Gasteiger partial charge is 0.0251 e. The van der Waals surface area contributed by atoms with E-state index >= 15 is 0 Å². The number of likely N-dealkylation sites (N-methyl/N-ethyl adjacent to an activating group) is 2. The summed E-state index contributed by atoms with van der Waals surface area (Å²) in [6.45, 7) is 10.6. The zero-order valence-corrected chi connectivity index (χ0v) is 15.1. The number of hydrogen-bond acceptors (Lipinski definition) is 2. The molecule has 0 aromatic carbocycles. The maximum Gasteiger partial charge on any atom is 0.0251 e. The maximum atomic E-state index is 3.78. The third kappa shape index (κ3) is 4.45. The van der Waals surface area contributed by atoms with Gasteiger partial charge in [-0.2, -0.15) is 0 Å². The summed E-state index contributed by atoms with van der Waals surface area (Å²) in [6.07, 6.45) is 9.90. The molecule has 2 fully saturated rings. The minimum atomic E-state index is 0.715. The third-order valence-corrected chi connectivity index (χ3v) is 6.27. The molecular weight excluding hydrogens is 256 g/mol. The zero-order chi connectivity index (χ0) is 15.4. The van der Waals surface area contributed by atoms with Gasteiger partial charge in [0.15, 0.2) is 0 Å². The van der Waals surface area contributed by atoms with Gasteiger partial charge in [0.05, 0.1) is 0 Å². The predicted octanol–water partition coefficient (Wildman–Crippen LogP) is 4.30. The highest BCUT2D eigenvalue weighted by Crippen LogP contribution is 2.35. The molecule has 1 N–H and O–H groups in total. The fraction of sp³-hybridized carbons (Fsp3) is 1.00. The molecule has 2 nitrogen and oxygen atoms in total. The molecule has 2 rings (SSSR count). The summed E-state index contributed by atoms with van der Waals surface area (Å²) < 4.78 is 0. The van der Waals surface area contributed by atoms with E-state index in [2.05, 4.69) is 45.0 Å². The van der Waals surface area contributed by atoms with E-state index in [9.17, 15) is 0 Å². The highest BCUT2D eigenvalue weighted by molar-refractivity contribution is 4.93. The fourth-order valence-corrected chi connectivity index (χ4v) is 4.78. The quantitative estimate of drug-likeness (QED) is 0.813. The molecule has 0 aliphatic heterocycles. The number of rotatable bonds is 5. The van der Waals surface area contributed by atoms with Gasteiger partial charge in [-0.3, -0.25) is 4.90 Å². The molecule has 2 saturated carbocycles. The highest BCUT2D eigenvalue weighted by atomic mass is 15.2. The Morgan fingerprint density at radius 1 is 1.10 bits per heavy atom. The molecule has 124 valence electrons. The second-order valence-electron chi connectivity index (χ2n) is 8.14. The van der Waals surface area contributed by atoms with Crippen LogP contribution in [0.25, 0.3) is 0 Å². The van der Waals surface area contributed by atoms with Gasteiger partial charge in [0.1, 0.15) is 0 Å². The van der Waals surface area contributed by atoms with Gasteiger partial charge in [-0.15, -0.1) is 0 Å². The van der Waals surface area contributed by atoms with Crippen molar-refractivity contribution in [2.45, 2.75) is 90.8 Å². The van der Waals surface area contributed by atoms with E-state index < -0.39 is 0 Å². The van der Waals surface area contributed by atoms with Crippen molar-refractivity contribution in [2.75, 3.05) is 13.6 Å². The van der Waals surface area contributed by atoms with Crippen molar-refractivity contribution < 1.29 is 0 Å². The lowest BCUT2D eigenvalue weighted by atomic mass is 9.75. The van der Waals surface area contributed by atoms with Gasteiger partial charge in [-0.05, 0) is 63.5 Å². The fourth-order valence-electron chi connectivity index (χ4n) is 4.78. The molecule has 0 heterocycles. The Morgan fingerprint density at radius 3 is 2.48 bits per heavy atom. The minimum absolute atomic E-state index is 0.715. The molecular formula is C19H38N2. The van der Waals surface area contributed by atoms with Gasteiger partial charge in [0.25, 0.3) is 0 Å². The van der Waals surface area contributed by atoms with Gasteiger partial charge >= 0.3 is 0 Å². The third-order valence-electron chi connectivity index (χ3n) is 6.27. The van der Waals surface area contributed by atoms with Crippen LogP contribution in [0.2, 0.25) is 0 Å². The van der Waals surface area contributed by atoms with Crippen LogP contribution in [-0.4, -0.2) is 36.6 Å². The minimum Gasteiger partial charge on any atom is -0.313 e. The van der Waals surface area contributed by atoms with Crippen molar-refractivity contribution in [3.8, 4) is 0 Å². The average molecular weight is 295 g/mol. The second kappa shape index (κ2) is 7.97. The average Bonchev–Trinajstić information content (AvgIpc) is 2.47. The molecule has 0 spiro atoms. The Kier molecular flexibility index (Phi) is 6.55. The van der Waals surface area contributed by atoms with E-state index in [-0.39, 0.29) is 0 Å². The molecule has 0 radical (unpaired) electrons. The lowest BCUT2D eigenvalue weighted by Gasteiger charge is -2.47. The van der Waals surface area contributed by atoms with Crippen LogP contribution in [0.5, 0.6) is 0 Å². The Bertz CT molecular complexity index is 302. The summed E-state index contributed by atoms with van der Waals surface area (Å²) in [5.41, 5.74) is 0. The molecule has 5 atom stereocenters. The number of nitrogens with zero attached hydrogens (tertiary/aromatic N) is 1. The SMILES string of the molecule is CCNC1CCC(C(C)C)CC1N(C)C1CCCC(C)C1. The Hall–Kier alpha value is -0.0800. The van der Waals surface area contributed by atoms with Crippen LogP contribution in [0.4, 0.5) is 0 Å². The van der Waals surface area contributed by atoms with Gasteiger partial charge in [-0.1, -0.05) is 40.5 Å². The molecule has 2 aliphatic carbocycles. The summed E-state index contributed by atoms with van der Waals surface area (Å²) >= 11 is 0. The summed E-state index contributed by atoms with van der Waals surface area (Å²) in [5, 5.41) is 3.78. The van der Waals surface area contributed by atoms with Crippen molar-refractivity contribution in [3.63, 3.8) is 0 Å². The van der Waals surface area contributed by atoms with E-state index in [4.69, 9.17) is 0 Å². The van der Waals surface area contributed by atoms with E-state index in [1.807, 2.05) is 0 Å². The van der Waals surface area contributed by atoms with Gasteiger partial charge in [0.2, 0.25) is 0 Å². The zero-order valence-electron chi connectivity index (χ0n) is 15.1. The first-order valence-corrected chi connectivity index (χ1v) is 9.48. The van der Waals surface area contributed by atoms with Gasteiger partial charge < -0.3 is 5.32 Å². The van der Waals surface area contributed by atoms with Crippen molar-refractivity contribution >= 4 is 0 Å². The van der Waals surface area contributed by atoms with Gasteiger partial charge in [-0.25, -0.2) is 0 Å². The lowest BCUT2D eigenvalue weighted by molar-refractivity contribution is 0.0499. The summed E-state index contributed by atoms with van der Waals surface area (Å²) in [5.74, 6) is 2.69. The first-order valence-electron chi connectivity index (χ1n) is 9.48. The van der Waals surface area contributed by atoms with E-state index in [0.717, 1.165) is 36.4 Å². The molecule has 5 unspecified atom stereocenters. The van der Waals surface area contributed by atoms with E-state index in [1.165, 1.54) is 44.9 Å². The Balaban J connectivity index is 2.03.